The molecule has 0 atom stereocenters. The summed E-state index contributed by atoms with van der Waals surface area (Å²) in [5, 5.41) is 0.324. The average molecular weight is 495 g/mol. The molecule has 186 valence electrons. The van der Waals surface area contributed by atoms with Crippen molar-refractivity contribution >= 4 is 24.0 Å². The fourth-order valence-corrected chi connectivity index (χ4v) is 4.15. The summed E-state index contributed by atoms with van der Waals surface area (Å²) in [4.78, 5) is 30.2. The van der Waals surface area contributed by atoms with Crippen molar-refractivity contribution in [1.82, 2.24) is 9.88 Å². The van der Waals surface area contributed by atoms with Gasteiger partial charge in [-0.3, -0.25) is 9.78 Å². The number of pyridine rings is 1. The van der Waals surface area contributed by atoms with Crippen LogP contribution in [0.15, 0.2) is 48.5 Å². The van der Waals surface area contributed by atoms with Crippen molar-refractivity contribution in [1.29, 1.82) is 0 Å². The van der Waals surface area contributed by atoms with Crippen LogP contribution in [0.1, 0.15) is 63.3 Å². The molecule has 0 saturated carbocycles. The van der Waals surface area contributed by atoms with Gasteiger partial charge in [0.15, 0.2) is 5.75 Å². The molecule has 1 heterocycles. The monoisotopic (exact) mass is 494 g/mol. The normalized spacial score (nSPS) is 10.6. The molecule has 6 heteroatoms. The largest absolute Gasteiger partial charge is 0.415 e. The lowest BCUT2D eigenvalue weighted by Gasteiger charge is -2.30. The summed E-state index contributed by atoms with van der Waals surface area (Å²) in [6.45, 7) is 15.5. The van der Waals surface area contributed by atoms with Gasteiger partial charge in [0.05, 0.1) is 5.69 Å². The third-order valence-electron chi connectivity index (χ3n) is 5.51. The van der Waals surface area contributed by atoms with Crippen molar-refractivity contribution in [3.05, 3.63) is 70.5 Å². The lowest BCUT2D eigenvalue weighted by atomic mass is 9.98. The van der Waals surface area contributed by atoms with Crippen LogP contribution in [0, 0.1) is 13.8 Å². The zero-order chi connectivity index (χ0) is 26.3. The lowest BCUT2D eigenvalue weighted by Crippen LogP contribution is -2.43. The number of hydrogen-bond acceptors (Lipinski definition) is 4. The lowest BCUT2D eigenvalue weighted by molar-refractivity contribution is 0.112. The van der Waals surface area contributed by atoms with Crippen LogP contribution < -0.4 is 4.74 Å². The molecule has 0 bridgehead atoms. The minimum Gasteiger partial charge on any atom is -0.408 e. The molecule has 0 aliphatic rings. The SMILES string of the molecule is CC.Cc1nc(C)c(-c2ccc(-c3ccc(C=O)cc3)cc2)c(OC(=O)N(C(C)C)C(C)C)c1Cl. The molecule has 35 heavy (non-hydrogen) atoms. The number of halogens is 1. The van der Waals surface area contributed by atoms with E-state index >= 15 is 0 Å². The van der Waals surface area contributed by atoms with E-state index in [4.69, 9.17) is 16.3 Å². The van der Waals surface area contributed by atoms with E-state index < -0.39 is 6.09 Å². The maximum Gasteiger partial charge on any atom is 0.415 e. The van der Waals surface area contributed by atoms with Gasteiger partial charge in [-0.05, 0) is 58.2 Å². The molecule has 0 unspecified atom stereocenters. The number of hydrogen-bond donors (Lipinski definition) is 0. The van der Waals surface area contributed by atoms with Gasteiger partial charge in [0.1, 0.15) is 11.3 Å². The third kappa shape index (κ3) is 6.49. The van der Waals surface area contributed by atoms with E-state index in [2.05, 4.69) is 4.98 Å². The average Bonchev–Trinajstić information content (AvgIpc) is 2.83. The Bertz CT molecular complexity index is 1150. The smallest absolute Gasteiger partial charge is 0.408 e. The van der Waals surface area contributed by atoms with Crippen LogP contribution in [-0.4, -0.2) is 34.3 Å². The summed E-state index contributed by atoms with van der Waals surface area (Å²) in [7, 11) is 0. The Morgan fingerprint density at radius 3 is 1.77 bits per heavy atom. The van der Waals surface area contributed by atoms with Crippen LogP contribution in [0.5, 0.6) is 5.75 Å². The summed E-state index contributed by atoms with van der Waals surface area (Å²) < 4.78 is 5.90. The molecule has 0 radical (unpaired) electrons. The van der Waals surface area contributed by atoms with E-state index in [0.717, 1.165) is 28.7 Å². The van der Waals surface area contributed by atoms with Crippen LogP contribution in [0.2, 0.25) is 5.02 Å². The molecule has 3 aromatic rings. The van der Waals surface area contributed by atoms with Gasteiger partial charge in [0, 0.05) is 28.9 Å². The van der Waals surface area contributed by atoms with Gasteiger partial charge in [-0.1, -0.05) is 74.0 Å². The third-order valence-corrected chi connectivity index (χ3v) is 5.95. The first-order chi connectivity index (χ1) is 16.6. The van der Waals surface area contributed by atoms with Crippen molar-refractivity contribution < 1.29 is 14.3 Å². The van der Waals surface area contributed by atoms with E-state index in [1.54, 1.807) is 24.0 Å². The first-order valence-electron chi connectivity index (χ1n) is 12.0. The Balaban J connectivity index is 0.00000210. The number of carbonyl (C=O) groups is 2. The Hall–Kier alpha value is -3.18. The molecular formula is C29H35ClN2O3. The number of carbonyl (C=O) groups excluding carboxylic acids is 2. The van der Waals surface area contributed by atoms with Crippen LogP contribution in [0.25, 0.3) is 22.3 Å². The molecule has 2 aromatic carbocycles. The minimum atomic E-state index is -0.444. The molecule has 5 nitrogen and oxygen atoms in total. The second-order valence-electron chi connectivity index (χ2n) is 8.58. The second-order valence-corrected chi connectivity index (χ2v) is 8.96. The highest BCUT2D eigenvalue weighted by Crippen LogP contribution is 2.40. The summed E-state index contributed by atoms with van der Waals surface area (Å²) in [5.41, 5.74) is 5.50. The molecule has 0 spiro atoms. The van der Waals surface area contributed by atoms with Gasteiger partial charge < -0.3 is 9.64 Å². The van der Waals surface area contributed by atoms with E-state index in [9.17, 15) is 9.59 Å². The van der Waals surface area contributed by atoms with Crippen molar-refractivity contribution in [3.8, 4) is 28.0 Å². The predicted molar refractivity (Wildman–Crippen MR) is 144 cm³/mol. The molecule has 0 fully saturated rings. The molecule has 3 rings (SSSR count). The standard InChI is InChI=1S/C27H29ClN2O3.C2H6/c1-16(2)30(17(3)4)27(32)33-26-24(18(5)29-19(6)25(26)28)23-13-11-22(12-14-23)21-9-7-20(15-31)8-10-21;1-2/h7-17H,1-6H3;1-2H3. The number of rotatable bonds is 6. The molecule has 0 aliphatic heterocycles. The zero-order valence-corrected chi connectivity index (χ0v) is 22.6. The van der Waals surface area contributed by atoms with Gasteiger partial charge >= 0.3 is 6.09 Å². The number of nitrogens with zero attached hydrogens (tertiary/aromatic N) is 2. The van der Waals surface area contributed by atoms with Crippen LogP contribution in [0.4, 0.5) is 4.79 Å². The van der Waals surface area contributed by atoms with Crippen molar-refractivity contribution in [2.24, 2.45) is 0 Å². The van der Waals surface area contributed by atoms with E-state index in [1.165, 1.54) is 0 Å². The number of ether oxygens (including phenoxy) is 1. The highest BCUT2D eigenvalue weighted by Gasteiger charge is 2.26. The first kappa shape index (κ1) is 28.1. The van der Waals surface area contributed by atoms with E-state index in [1.807, 2.05) is 84.9 Å². The fourth-order valence-electron chi connectivity index (χ4n) is 3.97. The summed E-state index contributed by atoms with van der Waals surface area (Å²) >= 11 is 6.60. The van der Waals surface area contributed by atoms with Crippen LogP contribution in [-0.2, 0) is 0 Å². The Kier molecular flexibility index (Phi) is 10.0. The van der Waals surface area contributed by atoms with Crippen LogP contribution >= 0.6 is 11.6 Å². The quantitative estimate of drug-likeness (QED) is 0.324. The molecule has 1 amide bonds. The number of amides is 1. The maximum absolute atomic E-state index is 13.0. The fraction of sp³-hybridized carbons (Fsp3) is 0.345. The number of benzene rings is 2. The van der Waals surface area contributed by atoms with Gasteiger partial charge in [0.2, 0.25) is 0 Å². The molecule has 1 aromatic heterocycles. The van der Waals surface area contributed by atoms with E-state index in [0.29, 0.717) is 27.6 Å². The van der Waals surface area contributed by atoms with Gasteiger partial charge in [-0.15, -0.1) is 0 Å². The van der Waals surface area contributed by atoms with Crippen molar-refractivity contribution in [2.75, 3.05) is 0 Å². The molecule has 0 aliphatic carbocycles. The number of aryl methyl sites for hydroxylation is 2. The highest BCUT2D eigenvalue weighted by molar-refractivity contribution is 6.33. The van der Waals surface area contributed by atoms with E-state index in [-0.39, 0.29) is 12.1 Å². The van der Waals surface area contributed by atoms with Crippen molar-refractivity contribution in [2.45, 2.75) is 67.5 Å². The first-order valence-corrected chi connectivity index (χ1v) is 12.3. The molecular weight excluding hydrogens is 460 g/mol. The van der Waals surface area contributed by atoms with Crippen LogP contribution in [0.3, 0.4) is 0 Å². The zero-order valence-electron chi connectivity index (χ0n) is 21.8. The summed E-state index contributed by atoms with van der Waals surface area (Å²) in [6, 6.07) is 15.2. The summed E-state index contributed by atoms with van der Waals surface area (Å²) in [5.74, 6) is 0.320. The second kappa shape index (κ2) is 12.5. The predicted octanol–water partition coefficient (Wildman–Crippen LogP) is 8.14. The highest BCUT2D eigenvalue weighted by atomic mass is 35.5. The van der Waals surface area contributed by atoms with Gasteiger partial charge in [-0.25, -0.2) is 4.79 Å². The van der Waals surface area contributed by atoms with Crippen molar-refractivity contribution in [3.63, 3.8) is 0 Å². The van der Waals surface area contributed by atoms with Gasteiger partial charge in [0.25, 0.3) is 0 Å². The minimum absolute atomic E-state index is 0.0198. The number of aldehydes is 1. The Morgan fingerprint density at radius 2 is 1.31 bits per heavy atom. The summed E-state index contributed by atoms with van der Waals surface area (Å²) in [6.07, 6.45) is 0.381. The number of aromatic nitrogens is 1. The maximum atomic E-state index is 13.0. The molecule has 0 N–H and O–H groups in total. The Morgan fingerprint density at radius 1 is 0.857 bits per heavy atom. The topological polar surface area (TPSA) is 59.5 Å². The van der Waals surface area contributed by atoms with Gasteiger partial charge in [-0.2, -0.15) is 0 Å². The molecule has 0 saturated heterocycles. The Labute approximate surface area is 214 Å².